The predicted molar refractivity (Wildman–Crippen MR) is 102 cm³/mol. The number of aromatic nitrogens is 3. The first-order chi connectivity index (χ1) is 11.9. The zero-order chi connectivity index (χ0) is 18.0. The number of rotatable bonds is 4. The van der Waals surface area contributed by atoms with Crippen molar-refractivity contribution >= 4 is 39.3 Å². The molecule has 0 spiro atoms. The molecule has 0 saturated heterocycles. The zero-order valence-electron chi connectivity index (χ0n) is 13.8. The molecule has 0 saturated carbocycles. The van der Waals surface area contributed by atoms with Crippen LogP contribution >= 0.6 is 27.5 Å². The molecular formula is C18H16BrClN4O. The molecule has 0 unspecified atom stereocenters. The highest BCUT2D eigenvalue weighted by atomic mass is 79.9. The highest BCUT2D eigenvalue weighted by Crippen LogP contribution is 2.21. The lowest BCUT2D eigenvalue weighted by Crippen LogP contribution is -2.13. The van der Waals surface area contributed by atoms with Crippen molar-refractivity contribution in [1.29, 1.82) is 0 Å². The smallest absolute Gasteiger partial charge is 0.256 e. The van der Waals surface area contributed by atoms with Crippen LogP contribution in [0.5, 0.6) is 0 Å². The van der Waals surface area contributed by atoms with Crippen molar-refractivity contribution in [1.82, 2.24) is 14.8 Å². The van der Waals surface area contributed by atoms with Gasteiger partial charge >= 0.3 is 0 Å². The quantitative estimate of drug-likeness (QED) is 0.672. The number of hydrogen-bond acceptors (Lipinski definition) is 3. The maximum absolute atomic E-state index is 12.4. The van der Waals surface area contributed by atoms with E-state index in [4.69, 9.17) is 11.6 Å². The van der Waals surface area contributed by atoms with Crippen molar-refractivity contribution in [3.8, 4) is 0 Å². The fourth-order valence-electron chi connectivity index (χ4n) is 2.45. The Morgan fingerprint density at radius 2 is 2.08 bits per heavy atom. The first kappa shape index (κ1) is 17.6. The van der Waals surface area contributed by atoms with Crippen LogP contribution in [0, 0.1) is 13.8 Å². The van der Waals surface area contributed by atoms with Crippen LogP contribution in [0.25, 0.3) is 0 Å². The van der Waals surface area contributed by atoms with Gasteiger partial charge in [-0.1, -0.05) is 23.7 Å². The van der Waals surface area contributed by atoms with Crippen LogP contribution < -0.4 is 5.32 Å². The molecule has 0 atom stereocenters. The van der Waals surface area contributed by atoms with E-state index in [1.807, 2.05) is 36.7 Å². The topological polar surface area (TPSA) is 59.8 Å². The summed E-state index contributed by atoms with van der Waals surface area (Å²) in [5.74, 6) is 0.244. The minimum atomic E-state index is -0.216. The number of anilines is 1. The highest BCUT2D eigenvalue weighted by Gasteiger charge is 2.11. The normalized spacial score (nSPS) is 10.7. The maximum Gasteiger partial charge on any atom is 0.256 e. The summed E-state index contributed by atoms with van der Waals surface area (Å²) in [5.41, 5.74) is 3.56. The van der Waals surface area contributed by atoms with Crippen molar-refractivity contribution < 1.29 is 4.79 Å². The molecule has 25 heavy (non-hydrogen) atoms. The number of aryl methyl sites for hydroxylation is 1. The minimum absolute atomic E-state index is 0.216. The highest BCUT2D eigenvalue weighted by molar-refractivity contribution is 9.10. The summed E-state index contributed by atoms with van der Waals surface area (Å²) < 4.78 is 2.92. The molecule has 2 heterocycles. The number of nitrogens with one attached hydrogen (secondary N) is 1. The van der Waals surface area contributed by atoms with Gasteiger partial charge in [-0.3, -0.25) is 9.48 Å². The van der Waals surface area contributed by atoms with Gasteiger partial charge in [-0.05, 0) is 59.6 Å². The molecular weight excluding hydrogens is 404 g/mol. The Bertz CT molecular complexity index is 921. The van der Waals surface area contributed by atoms with E-state index < -0.39 is 0 Å². The number of amides is 1. The molecule has 0 fully saturated rings. The monoisotopic (exact) mass is 418 g/mol. The molecule has 0 bridgehead atoms. The largest absolute Gasteiger partial charge is 0.307 e. The van der Waals surface area contributed by atoms with Gasteiger partial charge in [-0.15, -0.1) is 0 Å². The molecule has 5 nitrogen and oxygen atoms in total. The van der Waals surface area contributed by atoms with E-state index in [2.05, 4.69) is 31.3 Å². The maximum atomic E-state index is 12.4. The van der Waals surface area contributed by atoms with Crippen LogP contribution in [-0.2, 0) is 6.54 Å². The first-order valence-corrected chi connectivity index (χ1v) is 8.82. The summed E-state index contributed by atoms with van der Waals surface area (Å²) in [6.07, 6.45) is 1.49. The van der Waals surface area contributed by atoms with Gasteiger partial charge in [0, 0.05) is 11.8 Å². The molecule has 0 radical (unpaired) electrons. The fourth-order valence-corrected chi connectivity index (χ4v) is 2.85. The number of benzene rings is 1. The Morgan fingerprint density at radius 1 is 1.28 bits per heavy atom. The van der Waals surface area contributed by atoms with Crippen molar-refractivity contribution in [2.24, 2.45) is 0 Å². The fraction of sp³-hybridized carbons (Fsp3) is 0.167. The Balaban J connectivity index is 1.77. The molecule has 128 valence electrons. The lowest BCUT2D eigenvalue weighted by molar-refractivity contribution is 0.102. The van der Waals surface area contributed by atoms with E-state index in [-0.39, 0.29) is 5.91 Å². The van der Waals surface area contributed by atoms with Gasteiger partial charge in [0.25, 0.3) is 5.91 Å². The molecule has 3 aromatic rings. The second-order valence-corrected chi connectivity index (χ2v) is 6.89. The van der Waals surface area contributed by atoms with Crippen molar-refractivity contribution in [3.63, 3.8) is 0 Å². The van der Waals surface area contributed by atoms with Gasteiger partial charge in [-0.2, -0.15) is 5.10 Å². The van der Waals surface area contributed by atoms with E-state index in [0.717, 1.165) is 21.4 Å². The van der Waals surface area contributed by atoms with Gasteiger partial charge in [0.15, 0.2) is 0 Å². The standard InChI is InChI=1S/C18H16BrClN4O/c1-11-17(19)12(2)24(23-11)10-13-4-3-5-14(8-13)18(25)22-16-7-6-15(20)9-21-16/h3-9H,10H2,1-2H3,(H,21,22,25). The molecule has 0 aliphatic carbocycles. The Hall–Kier alpha value is -2.18. The lowest BCUT2D eigenvalue weighted by atomic mass is 10.1. The van der Waals surface area contributed by atoms with Crippen LogP contribution in [0.1, 0.15) is 27.3 Å². The van der Waals surface area contributed by atoms with Gasteiger partial charge in [0.2, 0.25) is 0 Å². The van der Waals surface area contributed by atoms with E-state index in [1.54, 1.807) is 18.2 Å². The summed E-state index contributed by atoms with van der Waals surface area (Å²) in [6, 6.07) is 10.8. The Labute approximate surface area is 159 Å². The van der Waals surface area contributed by atoms with Gasteiger partial charge in [-0.25, -0.2) is 4.98 Å². The van der Waals surface area contributed by atoms with Crippen LogP contribution in [0.15, 0.2) is 47.1 Å². The third-order valence-electron chi connectivity index (χ3n) is 3.78. The third-order valence-corrected chi connectivity index (χ3v) is 5.15. The van der Waals surface area contributed by atoms with Crippen molar-refractivity contribution in [2.45, 2.75) is 20.4 Å². The van der Waals surface area contributed by atoms with E-state index >= 15 is 0 Å². The molecule has 7 heteroatoms. The van der Waals surface area contributed by atoms with Crippen LogP contribution in [0.2, 0.25) is 5.02 Å². The Kier molecular flexibility index (Phi) is 5.20. The van der Waals surface area contributed by atoms with E-state index in [9.17, 15) is 4.79 Å². The zero-order valence-corrected chi connectivity index (χ0v) is 16.1. The number of nitrogens with zero attached hydrogens (tertiary/aromatic N) is 3. The molecule has 0 aliphatic heterocycles. The molecule has 1 N–H and O–H groups in total. The second-order valence-electron chi connectivity index (χ2n) is 5.66. The van der Waals surface area contributed by atoms with Gasteiger partial charge in [0.1, 0.15) is 5.82 Å². The van der Waals surface area contributed by atoms with E-state index in [1.165, 1.54) is 6.20 Å². The van der Waals surface area contributed by atoms with Crippen molar-refractivity contribution in [2.75, 3.05) is 5.32 Å². The van der Waals surface area contributed by atoms with Crippen molar-refractivity contribution in [3.05, 3.63) is 74.6 Å². The average molecular weight is 420 g/mol. The first-order valence-electron chi connectivity index (χ1n) is 7.65. The summed E-state index contributed by atoms with van der Waals surface area (Å²) in [7, 11) is 0. The van der Waals surface area contributed by atoms with E-state index in [0.29, 0.717) is 22.9 Å². The third kappa shape index (κ3) is 4.08. The van der Waals surface area contributed by atoms with Crippen LogP contribution in [0.3, 0.4) is 0 Å². The summed E-state index contributed by atoms with van der Waals surface area (Å²) in [5, 5.41) is 7.79. The molecule has 0 aliphatic rings. The number of carbonyl (C=O) groups excluding carboxylic acids is 1. The molecule has 3 rings (SSSR count). The summed E-state index contributed by atoms with van der Waals surface area (Å²) in [4.78, 5) is 16.5. The van der Waals surface area contributed by atoms with Crippen LogP contribution in [0.4, 0.5) is 5.82 Å². The Morgan fingerprint density at radius 3 is 2.72 bits per heavy atom. The minimum Gasteiger partial charge on any atom is -0.307 e. The van der Waals surface area contributed by atoms with Crippen LogP contribution in [-0.4, -0.2) is 20.7 Å². The number of hydrogen-bond donors (Lipinski definition) is 1. The molecule has 1 aromatic carbocycles. The summed E-state index contributed by atoms with van der Waals surface area (Å²) >= 11 is 9.33. The van der Waals surface area contributed by atoms with Gasteiger partial charge in [0.05, 0.1) is 27.4 Å². The van der Waals surface area contributed by atoms with Gasteiger partial charge < -0.3 is 5.32 Å². The SMILES string of the molecule is Cc1nn(Cc2cccc(C(=O)Nc3ccc(Cl)cn3)c2)c(C)c1Br. The number of pyridine rings is 1. The summed E-state index contributed by atoms with van der Waals surface area (Å²) in [6.45, 7) is 4.56. The molecule has 1 amide bonds. The molecule has 2 aromatic heterocycles. The number of halogens is 2. The number of carbonyl (C=O) groups is 1. The average Bonchev–Trinajstić information content (AvgIpc) is 2.84. The second kappa shape index (κ2) is 7.37. The predicted octanol–water partition coefficient (Wildman–Crippen LogP) is 4.61. The lowest BCUT2D eigenvalue weighted by Gasteiger charge is -2.08.